The third-order valence-corrected chi connectivity index (χ3v) is 3.95. The van der Waals surface area contributed by atoms with E-state index in [4.69, 9.17) is 9.47 Å². The van der Waals surface area contributed by atoms with Crippen molar-refractivity contribution in [2.75, 3.05) is 40.0 Å². The van der Waals surface area contributed by atoms with E-state index in [9.17, 15) is 4.79 Å². The molecule has 2 amide bonds. The number of amides is 2. The highest BCUT2D eigenvalue weighted by Crippen LogP contribution is 2.15. The molecule has 0 radical (unpaired) electrons. The van der Waals surface area contributed by atoms with E-state index in [-0.39, 0.29) is 12.1 Å². The first kappa shape index (κ1) is 16.8. The van der Waals surface area contributed by atoms with Crippen molar-refractivity contribution in [2.45, 2.75) is 25.9 Å². The summed E-state index contributed by atoms with van der Waals surface area (Å²) in [6, 6.07) is 8.38. The second-order valence-electron chi connectivity index (χ2n) is 5.90. The number of methoxy groups -OCH3 is 1. The molecule has 2 atom stereocenters. The standard InChI is InChI=1S/C17H26N2O3/c1-13-5-4-6-15(9-13)14(2)10-18-17(20)19-7-8-22-16(11-19)12-21-3/h4-6,9,14,16H,7-8,10-12H2,1-3H3,(H,18,20)/t14-,16-/m1/s1. The molecular formula is C17H26N2O3. The van der Waals surface area contributed by atoms with Gasteiger partial charge in [0.15, 0.2) is 0 Å². The molecule has 5 heteroatoms. The Morgan fingerprint density at radius 1 is 1.55 bits per heavy atom. The molecule has 122 valence electrons. The minimum atomic E-state index is -0.0290. The van der Waals surface area contributed by atoms with E-state index < -0.39 is 0 Å². The van der Waals surface area contributed by atoms with E-state index in [0.29, 0.717) is 38.8 Å². The van der Waals surface area contributed by atoms with Crippen LogP contribution in [0.1, 0.15) is 24.0 Å². The van der Waals surface area contributed by atoms with Gasteiger partial charge in [-0.1, -0.05) is 36.8 Å². The molecule has 5 nitrogen and oxygen atoms in total. The van der Waals surface area contributed by atoms with Crippen molar-refractivity contribution in [1.29, 1.82) is 0 Å². The Morgan fingerprint density at radius 3 is 3.09 bits per heavy atom. The summed E-state index contributed by atoms with van der Waals surface area (Å²) >= 11 is 0. The lowest BCUT2D eigenvalue weighted by molar-refractivity contribution is -0.0494. The third-order valence-electron chi connectivity index (χ3n) is 3.95. The molecule has 1 heterocycles. The molecule has 0 spiro atoms. The van der Waals surface area contributed by atoms with Gasteiger partial charge in [-0.3, -0.25) is 0 Å². The first-order valence-electron chi connectivity index (χ1n) is 7.80. The second kappa shape index (κ2) is 8.15. The predicted octanol–water partition coefficient (Wildman–Crippen LogP) is 2.16. The number of ether oxygens (including phenoxy) is 2. The minimum absolute atomic E-state index is 0.0242. The smallest absolute Gasteiger partial charge is 0.317 e. The van der Waals surface area contributed by atoms with Crippen molar-refractivity contribution in [3.05, 3.63) is 35.4 Å². The highest BCUT2D eigenvalue weighted by Gasteiger charge is 2.24. The first-order chi connectivity index (χ1) is 10.6. The molecule has 1 fully saturated rings. The lowest BCUT2D eigenvalue weighted by Crippen LogP contribution is -2.51. The van der Waals surface area contributed by atoms with E-state index in [1.165, 1.54) is 11.1 Å². The van der Waals surface area contributed by atoms with Gasteiger partial charge >= 0.3 is 6.03 Å². The quantitative estimate of drug-likeness (QED) is 0.907. The monoisotopic (exact) mass is 306 g/mol. The average Bonchev–Trinajstić information content (AvgIpc) is 2.53. The normalized spacial score (nSPS) is 19.8. The van der Waals surface area contributed by atoms with Crippen molar-refractivity contribution in [3.63, 3.8) is 0 Å². The second-order valence-corrected chi connectivity index (χ2v) is 5.90. The average molecular weight is 306 g/mol. The number of hydrogen-bond donors (Lipinski definition) is 1. The summed E-state index contributed by atoms with van der Waals surface area (Å²) in [5.74, 6) is 0.291. The Bertz CT molecular complexity index is 491. The Labute approximate surface area is 132 Å². The zero-order valence-electron chi connectivity index (χ0n) is 13.7. The maximum atomic E-state index is 12.3. The summed E-state index contributed by atoms with van der Waals surface area (Å²) in [6.45, 7) is 7.14. The van der Waals surface area contributed by atoms with Gasteiger partial charge in [0.1, 0.15) is 0 Å². The van der Waals surface area contributed by atoms with Crippen LogP contribution in [0.25, 0.3) is 0 Å². The lowest BCUT2D eigenvalue weighted by atomic mass is 9.99. The molecule has 1 aliphatic heterocycles. The fourth-order valence-corrected chi connectivity index (χ4v) is 2.64. The van der Waals surface area contributed by atoms with Crippen LogP contribution >= 0.6 is 0 Å². The Hall–Kier alpha value is -1.59. The molecule has 1 N–H and O–H groups in total. The first-order valence-corrected chi connectivity index (χ1v) is 7.80. The molecule has 0 unspecified atom stereocenters. The van der Waals surface area contributed by atoms with Crippen LogP contribution in [0.3, 0.4) is 0 Å². The zero-order chi connectivity index (χ0) is 15.9. The Kier molecular flexibility index (Phi) is 6.21. The highest BCUT2D eigenvalue weighted by atomic mass is 16.5. The summed E-state index contributed by atoms with van der Waals surface area (Å²) in [7, 11) is 1.64. The molecule has 0 aromatic heterocycles. The van der Waals surface area contributed by atoms with Gasteiger partial charge in [-0.2, -0.15) is 0 Å². The van der Waals surface area contributed by atoms with Crippen LogP contribution in [0.5, 0.6) is 0 Å². The van der Waals surface area contributed by atoms with Gasteiger partial charge in [0.25, 0.3) is 0 Å². The molecule has 1 saturated heterocycles. The number of carbonyl (C=O) groups excluding carboxylic acids is 1. The molecule has 1 aromatic rings. The van der Waals surface area contributed by atoms with Gasteiger partial charge in [-0.15, -0.1) is 0 Å². The highest BCUT2D eigenvalue weighted by molar-refractivity contribution is 5.74. The number of hydrogen-bond acceptors (Lipinski definition) is 3. The molecule has 1 aromatic carbocycles. The van der Waals surface area contributed by atoms with E-state index in [2.05, 4.69) is 43.4 Å². The number of aryl methyl sites for hydroxylation is 1. The molecule has 0 bridgehead atoms. The van der Waals surface area contributed by atoms with E-state index >= 15 is 0 Å². The van der Waals surface area contributed by atoms with Crippen molar-refractivity contribution in [1.82, 2.24) is 10.2 Å². The number of morpholine rings is 1. The van der Waals surface area contributed by atoms with Crippen LogP contribution < -0.4 is 5.32 Å². The van der Waals surface area contributed by atoms with Gasteiger partial charge in [-0.05, 0) is 18.4 Å². The van der Waals surface area contributed by atoms with E-state index in [1.54, 1.807) is 12.0 Å². The summed E-state index contributed by atoms with van der Waals surface area (Å²) in [5, 5.41) is 3.02. The maximum absolute atomic E-state index is 12.3. The zero-order valence-corrected chi connectivity index (χ0v) is 13.7. The Morgan fingerprint density at radius 2 is 2.36 bits per heavy atom. The van der Waals surface area contributed by atoms with Crippen molar-refractivity contribution in [2.24, 2.45) is 0 Å². The fourth-order valence-electron chi connectivity index (χ4n) is 2.64. The molecular weight excluding hydrogens is 280 g/mol. The number of benzene rings is 1. The predicted molar refractivity (Wildman–Crippen MR) is 86.2 cm³/mol. The van der Waals surface area contributed by atoms with Crippen LogP contribution in [0, 0.1) is 6.92 Å². The minimum Gasteiger partial charge on any atom is -0.382 e. The fraction of sp³-hybridized carbons (Fsp3) is 0.588. The van der Waals surface area contributed by atoms with E-state index in [0.717, 1.165) is 0 Å². The van der Waals surface area contributed by atoms with Crippen LogP contribution in [-0.2, 0) is 9.47 Å². The molecule has 1 aliphatic rings. The summed E-state index contributed by atoms with van der Waals surface area (Å²) in [5.41, 5.74) is 2.49. The van der Waals surface area contributed by atoms with Gasteiger partial charge < -0.3 is 19.7 Å². The summed E-state index contributed by atoms with van der Waals surface area (Å²) in [6.07, 6.45) is -0.0290. The molecule has 0 aliphatic carbocycles. The van der Waals surface area contributed by atoms with Crippen LogP contribution in [-0.4, -0.2) is 57.0 Å². The number of nitrogens with one attached hydrogen (secondary N) is 1. The van der Waals surface area contributed by atoms with Crippen LogP contribution in [0.2, 0.25) is 0 Å². The van der Waals surface area contributed by atoms with Crippen molar-refractivity contribution >= 4 is 6.03 Å². The van der Waals surface area contributed by atoms with Crippen molar-refractivity contribution < 1.29 is 14.3 Å². The van der Waals surface area contributed by atoms with Crippen LogP contribution in [0.4, 0.5) is 4.79 Å². The Balaban J connectivity index is 1.81. The van der Waals surface area contributed by atoms with Gasteiger partial charge in [0, 0.05) is 20.2 Å². The molecule has 2 rings (SSSR count). The largest absolute Gasteiger partial charge is 0.382 e. The van der Waals surface area contributed by atoms with Crippen LogP contribution in [0.15, 0.2) is 24.3 Å². The number of rotatable bonds is 5. The number of urea groups is 1. The van der Waals surface area contributed by atoms with E-state index in [1.807, 2.05) is 0 Å². The third kappa shape index (κ3) is 4.71. The molecule has 0 saturated carbocycles. The number of nitrogens with zero attached hydrogens (tertiary/aromatic N) is 1. The lowest BCUT2D eigenvalue weighted by Gasteiger charge is -2.32. The van der Waals surface area contributed by atoms with Gasteiger partial charge in [0.05, 0.1) is 25.9 Å². The summed E-state index contributed by atoms with van der Waals surface area (Å²) in [4.78, 5) is 14.1. The topological polar surface area (TPSA) is 50.8 Å². The van der Waals surface area contributed by atoms with Crippen molar-refractivity contribution in [3.8, 4) is 0 Å². The maximum Gasteiger partial charge on any atom is 0.317 e. The van der Waals surface area contributed by atoms with Gasteiger partial charge in [0.2, 0.25) is 0 Å². The number of carbonyl (C=O) groups is 1. The SMILES string of the molecule is COC[C@H]1CN(C(=O)NC[C@@H](C)c2cccc(C)c2)CCO1. The summed E-state index contributed by atoms with van der Waals surface area (Å²) < 4.78 is 10.7. The van der Waals surface area contributed by atoms with Gasteiger partial charge in [-0.25, -0.2) is 4.79 Å². The molecule has 22 heavy (non-hydrogen) atoms.